The number of halogens is 1. The van der Waals surface area contributed by atoms with Gasteiger partial charge in [-0.1, -0.05) is 11.8 Å². The van der Waals surface area contributed by atoms with Gasteiger partial charge in [-0.25, -0.2) is 4.79 Å². The zero-order chi connectivity index (χ0) is 18.4. The van der Waals surface area contributed by atoms with Crippen molar-refractivity contribution in [3.05, 3.63) is 32.6 Å². The van der Waals surface area contributed by atoms with Gasteiger partial charge in [0.05, 0.1) is 12.0 Å². The van der Waals surface area contributed by atoms with Gasteiger partial charge in [0.15, 0.2) is 17.1 Å². The molecule has 0 aromatic carbocycles. The minimum Gasteiger partial charge on any atom is -0.348 e. The number of carbonyl (C=O) groups is 1. The van der Waals surface area contributed by atoms with Gasteiger partial charge in [0.1, 0.15) is 12.2 Å². The van der Waals surface area contributed by atoms with Crippen LogP contribution in [0, 0.1) is 0 Å². The van der Waals surface area contributed by atoms with Crippen LogP contribution in [0.2, 0.25) is 0 Å². The Morgan fingerprint density at radius 1 is 1.36 bits per heavy atom. The Hall–Kier alpha value is -1.13. The molecule has 0 spiro atoms. The number of hydrogen-bond acceptors (Lipinski definition) is 7. The SMILES string of the molecule is CC(=O)SC[C@H]1O[C@@H](n2c(CCl)cc(=O)[nH]c2=O)[C@@H]2OC(C)(C)O[C@@H]21. The van der Waals surface area contributed by atoms with Crippen LogP contribution in [0.5, 0.6) is 0 Å². The van der Waals surface area contributed by atoms with Gasteiger partial charge in [-0.05, 0) is 13.8 Å². The highest BCUT2D eigenvalue weighted by molar-refractivity contribution is 8.13. The minimum absolute atomic E-state index is 0.0342. The maximum Gasteiger partial charge on any atom is 0.330 e. The van der Waals surface area contributed by atoms with E-state index in [2.05, 4.69) is 4.98 Å². The maximum absolute atomic E-state index is 12.3. The van der Waals surface area contributed by atoms with Crippen LogP contribution in [0.25, 0.3) is 0 Å². The van der Waals surface area contributed by atoms with Crippen LogP contribution in [-0.4, -0.2) is 44.5 Å². The summed E-state index contributed by atoms with van der Waals surface area (Å²) in [5.41, 5.74) is -0.827. The Kier molecular flexibility index (Phi) is 5.13. The number of nitrogens with zero attached hydrogens (tertiary/aromatic N) is 1. The van der Waals surface area contributed by atoms with Crippen molar-refractivity contribution in [3.63, 3.8) is 0 Å². The smallest absolute Gasteiger partial charge is 0.330 e. The molecule has 0 aliphatic carbocycles. The summed E-state index contributed by atoms with van der Waals surface area (Å²) in [6.07, 6.45) is -2.23. The summed E-state index contributed by atoms with van der Waals surface area (Å²) in [5.74, 6) is -0.502. The number of aromatic nitrogens is 2. The lowest BCUT2D eigenvalue weighted by molar-refractivity contribution is -0.194. The summed E-state index contributed by atoms with van der Waals surface area (Å²) < 4.78 is 19.1. The molecule has 1 aromatic heterocycles. The average Bonchev–Trinajstić information content (AvgIpc) is 2.98. The zero-order valence-corrected chi connectivity index (χ0v) is 15.6. The molecule has 10 heteroatoms. The Morgan fingerprint density at radius 3 is 2.68 bits per heavy atom. The standard InChI is InChI=1S/C15H19ClN2O6S/c1-7(19)25-6-9-11-12(24-15(2,3)23-11)13(22-9)18-8(5-16)4-10(20)17-14(18)21/h4,9,11-13H,5-6H2,1-3H3,(H,17,20,21)/t9-,11-,12-,13-/m1/s1. The molecule has 3 heterocycles. The zero-order valence-electron chi connectivity index (χ0n) is 14.0. The lowest BCUT2D eigenvalue weighted by atomic mass is 10.1. The van der Waals surface area contributed by atoms with Crippen LogP contribution >= 0.6 is 23.4 Å². The summed E-state index contributed by atoms with van der Waals surface area (Å²) in [6.45, 7) is 5.02. The van der Waals surface area contributed by atoms with Gasteiger partial charge in [0.2, 0.25) is 0 Å². The summed E-state index contributed by atoms with van der Waals surface area (Å²) in [5, 5.41) is -0.0376. The van der Waals surface area contributed by atoms with E-state index in [0.717, 1.165) is 11.8 Å². The lowest BCUT2D eigenvalue weighted by Crippen LogP contribution is -2.39. The second-order valence-electron chi connectivity index (χ2n) is 6.37. The van der Waals surface area contributed by atoms with Crippen molar-refractivity contribution in [1.82, 2.24) is 9.55 Å². The van der Waals surface area contributed by atoms with Gasteiger partial charge in [-0.15, -0.1) is 11.6 Å². The number of nitrogens with one attached hydrogen (secondary N) is 1. The van der Waals surface area contributed by atoms with Gasteiger partial charge >= 0.3 is 5.69 Å². The van der Waals surface area contributed by atoms with Crippen molar-refractivity contribution in [2.24, 2.45) is 0 Å². The molecular formula is C15H19ClN2O6S. The topological polar surface area (TPSA) is 99.6 Å². The third kappa shape index (κ3) is 3.70. The number of H-pyrrole nitrogens is 1. The van der Waals surface area contributed by atoms with Gasteiger partial charge in [0, 0.05) is 24.4 Å². The molecule has 138 valence electrons. The molecule has 2 aliphatic heterocycles. The van der Waals surface area contributed by atoms with Crippen molar-refractivity contribution in [1.29, 1.82) is 0 Å². The third-order valence-electron chi connectivity index (χ3n) is 4.02. The van der Waals surface area contributed by atoms with E-state index >= 15 is 0 Å². The minimum atomic E-state index is -0.844. The fraction of sp³-hybridized carbons (Fsp3) is 0.667. The van der Waals surface area contributed by atoms with Crippen LogP contribution in [0.1, 0.15) is 32.7 Å². The number of hydrogen-bond donors (Lipinski definition) is 1. The van der Waals surface area contributed by atoms with Crippen LogP contribution in [-0.2, 0) is 24.9 Å². The highest BCUT2D eigenvalue weighted by Crippen LogP contribution is 2.43. The number of aromatic amines is 1. The van der Waals surface area contributed by atoms with Crippen molar-refractivity contribution in [3.8, 4) is 0 Å². The van der Waals surface area contributed by atoms with E-state index in [-0.39, 0.29) is 11.0 Å². The third-order valence-corrected chi connectivity index (χ3v) is 5.20. The van der Waals surface area contributed by atoms with Crippen LogP contribution in [0.15, 0.2) is 15.7 Å². The Balaban J connectivity index is 1.98. The van der Waals surface area contributed by atoms with E-state index in [4.69, 9.17) is 25.8 Å². The van der Waals surface area contributed by atoms with E-state index in [1.807, 2.05) is 0 Å². The molecule has 1 aromatic rings. The summed E-state index contributed by atoms with van der Waals surface area (Å²) in [7, 11) is 0. The fourth-order valence-electron chi connectivity index (χ4n) is 3.14. The van der Waals surface area contributed by atoms with Gasteiger partial charge in [-0.2, -0.15) is 0 Å². The molecular weight excluding hydrogens is 372 g/mol. The molecule has 0 bridgehead atoms. The number of thioether (sulfide) groups is 1. The molecule has 8 nitrogen and oxygen atoms in total. The molecule has 0 saturated carbocycles. The molecule has 2 fully saturated rings. The summed E-state index contributed by atoms with van der Waals surface area (Å²) >= 11 is 7.02. The Morgan fingerprint density at radius 2 is 2.04 bits per heavy atom. The summed E-state index contributed by atoms with van der Waals surface area (Å²) in [4.78, 5) is 37.4. The Bertz CT molecular complexity index is 791. The number of carbonyl (C=O) groups excluding carboxylic acids is 1. The maximum atomic E-state index is 12.3. The average molecular weight is 391 g/mol. The molecule has 0 radical (unpaired) electrons. The largest absolute Gasteiger partial charge is 0.348 e. The second-order valence-corrected chi connectivity index (χ2v) is 7.83. The van der Waals surface area contributed by atoms with E-state index < -0.39 is 41.6 Å². The number of rotatable bonds is 4. The fourth-order valence-corrected chi connectivity index (χ4v) is 4.01. The molecule has 2 saturated heterocycles. The highest BCUT2D eigenvalue weighted by atomic mass is 35.5. The molecule has 4 atom stereocenters. The van der Waals surface area contributed by atoms with Crippen molar-refractivity contribution < 1.29 is 19.0 Å². The first kappa shape index (κ1) is 18.7. The van der Waals surface area contributed by atoms with Crippen molar-refractivity contribution in [2.75, 3.05) is 5.75 Å². The van der Waals surface area contributed by atoms with E-state index in [9.17, 15) is 14.4 Å². The van der Waals surface area contributed by atoms with E-state index in [0.29, 0.717) is 11.4 Å². The molecule has 3 rings (SSSR count). The van der Waals surface area contributed by atoms with E-state index in [1.54, 1.807) is 13.8 Å². The first-order valence-electron chi connectivity index (χ1n) is 7.77. The Labute approximate surface area is 152 Å². The predicted octanol–water partition coefficient (Wildman–Crippen LogP) is 0.973. The molecule has 0 unspecified atom stereocenters. The number of alkyl halides is 1. The highest BCUT2D eigenvalue weighted by Gasteiger charge is 2.56. The quantitative estimate of drug-likeness (QED) is 0.764. The van der Waals surface area contributed by atoms with Crippen molar-refractivity contribution >= 4 is 28.5 Å². The summed E-state index contributed by atoms with van der Waals surface area (Å²) in [6, 6.07) is 1.26. The normalized spacial score (nSPS) is 30.4. The number of ether oxygens (including phenoxy) is 3. The molecule has 25 heavy (non-hydrogen) atoms. The predicted molar refractivity (Wildman–Crippen MR) is 91.8 cm³/mol. The monoisotopic (exact) mass is 390 g/mol. The van der Waals surface area contributed by atoms with Crippen LogP contribution < -0.4 is 11.2 Å². The first-order valence-corrected chi connectivity index (χ1v) is 9.29. The second kappa shape index (κ2) is 6.88. The first-order chi connectivity index (χ1) is 11.7. The lowest BCUT2D eigenvalue weighted by Gasteiger charge is -2.25. The molecule has 2 aliphatic rings. The molecule has 0 amide bonds. The van der Waals surface area contributed by atoms with Crippen LogP contribution in [0.4, 0.5) is 0 Å². The van der Waals surface area contributed by atoms with Gasteiger partial charge in [0.25, 0.3) is 5.56 Å². The van der Waals surface area contributed by atoms with Gasteiger partial charge in [-0.3, -0.25) is 19.1 Å². The number of fused-ring (bicyclic) bond motifs is 1. The van der Waals surface area contributed by atoms with E-state index in [1.165, 1.54) is 17.6 Å². The molecule has 1 N–H and O–H groups in total. The van der Waals surface area contributed by atoms with Crippen molar-refractivity contribution in [2.45, 2.75) is 57.0 Å². The van der Waals surface area contributed by atoms with Crippen LogP contribution in [0.3, 0.4) is 0 Å². The van der Waals surface area contributed by atoms with Gasteiger partial charge < -0.3 is 14.2 Å².